The van der Waals surface area contributed by atoms with Crippen molar-refractivity contribution >= 4 is 46.5 Å². The second-order valence-corrected chi connectivity index (χ2v) is 8.58. The van der Waals surface area contributed by atoms with E-state index in [2.05, 4.69) is 5.32 Å². The number of thiophene rings is 1. The summed E-state index contributed by atoms with van der Waals surface area (Å²) in [7, 11) is 0. The molecule has 1 aromatic rings. The molecule has 22 heavy (non-hydrogen) atoms. The van der Waals surface area contributed by atoms with Crippen LogP contribution in [0.3, 0.4) is 0 Å². The summed E-state index contributed by atoms with van der Waals surface area (Å²) in [6, 6.07) is 0.182. The maximum atomic E-state index is 12.3. The van der Waals surface area contributed by atoms with E-state index in [4.69, 9.17) is 11.6 Å². The van der Waals surface area contributed by atoms with Crippen LogP contribution in [-0.2, 0) is 4.79 Å². The molecule has 0 aromatic carbocycles. The van der Waals surface area contributed by atoms with Gasteiger partial charge in [-0.25, -0.2) is 0 Å². The van der Waals surface area contributed by atoms with Crippen molar-refractivity contribution < 1.29 is 9.59 Å². The Balaban J connectivity index is 1.34. The Hall–Kier alpha value is -0.720. The lowest BCUT2D eigenvalue weighted by Crippen LogP contribution is -2.52. The first-order chi connectivity index (χ1) is 10.6. The van der Waals surface area contributed by atoms with Crippen LogP contribution >= 0.6 is 34.7 Å². The van der Waals surface area contributed by atoms with Crippen LogP contribution in [0, 0.1) is 17.8 Å². The Morgan fingerprint density at radius 2 is 2.09 bits per heavy atom. The van der Waals surface area contributed by atoms with Gasteiger partial charge in [-0.3, -0.25) is 9.59 Å². The van der Waals surface area contributed by atoms with E-state index in [9.17, 15) is 9.59 Å². The van der Waals surface area contributed by atoms with Gasteiger partial charge in [-0.05, 0) is 12.3 Å². The van der Waals surface area contributed by atoms with Crippen molar-refractivity contribution in [2.24, 2.45) is 17.8 Å². The molecule has 4 nitrogen and oxygen atoms in total. The van der Waals surface area contributed by atoms with Crippen molar-refractivity contribution in [3.63, 3.8) is 0 Å². The summed E-state index contributed by atoms with van der Waals surface area (Å²) in [6.45, 7) is 1.67. The Bertz CT molecular complexity index is 616. The molecule has 3 heterocycles. The van der Waals surface area contributed by atoms with Crippen LogP contribution in [0.15, 0.2) is 10.8 Å². The lowest BCUT2D eigenvalue weighted by atomic mass is 9.71. The first-order valence-corrected chi connectivity index (χ1v) is 10.00. The van der Waals surface area contributed by atoms with Gasteiger partial charge in [-0.15, -0.1) is 11.3 Å². The fraction of sp³-hybridized carbons (Fsp3) is 0.600. The van der Waals surface area contributed by atoms with E-state index in [-0.39, 0.29) is 17.9 Å². The molecular weight excluding hydrogens is 340 g/mol. The largest absolute Gasteiger partial charge is 0.349 e. The highest BCUT2D eigenvalue weighted by molar-refractivity contribution is 8.00. The van der Waals surface area contributed by atoms with Crippen LogP contribution in [0.25, 0.3) is 0 Å². The lowest BCUT2D eigenvalue weighted by Gasteiger charge is -2.39. The smallest absolute Gasteiger partial charge is 0.253 e. The van der Waals surface area contributed by atoms with E-state index in [1.165, 1.54) is 11.3 Å². The normalized spacial score (nSPS) is 30.4. The first-order valence-electron chi connectivity index (χ1n) is 7.52. The quantitative estimate of drug-likeness (QED) is 0.904. The molecule has 3 fully saturated rings. The first kappa shape index (κ1) is 14.8. The third-order valence-corrected chi connectivity index (χ3v) is 7.50. The van der Waals surface area contributed by atoms with Crippen molar-refractivity contribution in [3.05, 3.63) is 21.3 Å². The second kappa shape index (κ2) is 5.73. The minimum Gasteiger partial charge on any atom is -0.349 e. The summed E-state index contributed by atoms with van der Waals surface area (Å²) in [5, 5.41) is 7.16. The molecule has 4 rings (SSSR count). The number of carbonyl (C=O) groups excluding carboxylic acids is 2. The van der Waals surface area contributed by atoms with Crippen molar-refractivity contribution in [1.29, 1.82) is 0 Å². The number of likely N-dealkylation sites (tertiary alicyclic amines) is 1. The van der Waals surface area contributed by atoms with E-state index in [0.717, 1.165) is 31.0 Å². The molecular formula is C15H17ClN2O2S2. The predicted octanol–water partition coefficient (Wildman–Crippen LogP) is 2.34. The lowest BCUT2D eigenvalue weighted by molar-refractivity contribution is -0.133. The number of nitrogens with zero attached hydrogens (tertiary/aromatic N) is 1. The molecule has 1 N–H and O–H groups in total. The predicted molar refractivity (Wildman–Crippen MR) is 89.6 cm³/mol. The third kappa shape index (κ3) is 2.45. The molecule has 1 aliphatic carbocycles. The molecule has 3 atom stereocenters. The summed E-state index contributed by atoms with van der Waals surface area (Å²) in [5.74, 6) is 3.38. The highest BCUT2D eigenvalue weighted by Crippen LogP contribution is 2.42. The van der Waals surface area contributed by atoms with Gasteiger partial charge in [0.25, 0.3) is 5.91 Å². The zero-order chi connectivity index (χ0) is 15.3. The molecule has 2 saturated heterocycles. The summed E-state index contributed by atoms with van der Waals surface area (Å²) in [4.78, 5) is 26.6. The van der Waals surface area contributed by atoms with E-state index in [1.54, 1.807) is 10.8 Å². The van der Waals surface area contributed by atoms with Crippen LogP contribution in [0.2, 0.25) is 5.02 Å². The van der Waals surface area contributed by atoms with Gasteiger partial charge in [0, 0.05) is 47.3 Å². The molecule has 0 spiro atoms. The molecule has 1 aromatic heterocycles. The van der Waals surface area contributed by atoms with Crippen LogP contribution in [0.1, 0.15) is 16.8 Å². The Kier molecular flexibility index (Phi) is 3.86. The number of hydrogen-bond acceptors (Lipinski definition) is 4. The molecule has 1 saturated carbocycles. The second-order valence-electron chi connectivity index (χ2n) is 6.35. The van der Waals surface area contributed by atoms with Gasteiger partial charge in [0.15, 0.2) is 0 Å². The van der Waals surface area contributed by atoms with Crippen LogP contribution in [0.4, 0.5) is 0 Å². The van der Waals surface area contributed by atoms with Crippen molar-refractivity contribution in [3.8, 4) is 0 Å². The van der Waals surface area contributed by atoms with Crippen LogP contribution in [-0.4, -0.2) is 47.4 Å². The van der Waals surface area contributed by atoms with E-state index in [0.29, 0.717) is 28.3 Å². The molecule has 2 amide bonds. The number of halogens is 1. The van der Waals surface area contributed by atoms with E-state index < -0.39 is 0 Å². The SMILES string of the molecule is O=C(NC1CC2CN(C(=O)C3CSC3)CC21)c1cscc1Cl. The topological polar surface area (TPSA) is 49.4 Å². The monoisotopic (exact) mass is 356 g/mol. The number of rotatable bonds is 3. The summed E-state index contributed by atoms with van der Waals surface area (Å²) in [6.07, 6.45) is 0.974. The average molecular weight is 357 g/mol. The number of fused-ring (bicyclic) bond motifs is 1. The number of hydrogen-bond donors (Lipinski definition) is 1. The minimum atomic E-state index is -0.0881. The molecule has 0 radical (unpaired) electrons. The molecule has 3 aliphatic rings. The highest BCUT2D eigenvalue weighted by Gasteiger charge is 2.49. The van der Waals surface area contributed by atoms with Gasteiger partial charge in [-0.1, -0.05) is 11.6 Å². The average Bonchev–Trinajstić information content (AvgIpc) is 2.98. The van der Waals surface area contributed by atoms with Crippen molar-refractivity contribution in [1.82, 2.24) is 10.2 Å². The van der Waals surface area contributed by atoms with Crippen LogP contribution < -0.4 is 5.32 Å². The van der Waals surface area contributed by atoms with Gasteiger partial charge in [0.1, 0.15) is 0 Å². The zero-order valence-electron chi connectivity index (χ0n) is 12.0. The molecule has 3 unspecified atom stereocenters. The van der Waals surface area contributed by atoms with Gasteiger partial charge in [-0.2, -0.15) is 11.8 Å². The van der Waals surface area contributed by atoms with Crippen molar-refractivity contribution in [2.75, 3.05) is 24.6 Å². The molecule has 0 bridgehead atoms. The number of thioether (sulfide) groups is 1. The highest BCUT2D eigenvalue weighted by atomic mass is 35.5. The zero-order valence-corrected chi connectivity index (χ0v) is 14.3. The fourth-order valence-corrected chi connectivity index (χ4v) is 5.38. The van der Waals surface area contributed by atoms with Gasteiger partial charge in [0.05, 0.1) is 16.5 Å². The maximum absolute atomic E-state index is 12.3. The Morgan fingerprint density at radius 1 is 1.27 bits per heavy atom. The molecule has 118 valence electrons. The maximum Gasteiger partial charge on any atom is 0.253 e. The van der Waals surface area contributed by atoms with Crippen LogP contribution in [0.5, 0.6) is 0 Å². The van der Waals surface area contributed by atoms with Gasteiger partial charge in [0.2, 0.25) is 5.91 Å². The van der Waals surface area contributed by atoms with Crippen molar-refractivity contribution in [2.45, 2.75) is 12.5 Å². The standard InChI is InChI=1S/C15H17ClN2O2S2/c16-12-7-22-6-11(12)14(19)17-13-1-8-2-18(3-10(8)13)15(20)9-4-21-5-9/h6-10,13H,1-5H2,(H,17,19). The molecule has 7 heteroatoms. The Labute approximate surface area is 142 Å². The summed E-state index contributed by atoms with van der Waals surface area (Å²) in [5.41, 5.74) is 0.563. The van der Waals surface area contributed by atoms with E-state index >= 15 is 0 Å². The number of nitrogens with one attached hydrogen (secondary N) is 1. The number of amides is 2. The fourth-order valence-electron chi connectivity index (χ4n) is 3.58. The summed E-state index contributed by atoms with van der Waals surface area (Å²) < 4.78 is 0. The van der Waals surface area contributed by atoms with Gasteiger partial charge >= 0.3 is 0 Å². The van der Waals surface area contributed by atoms with E-state index in [1.807, 2.05) is 16.7 Å². The summed E-state index contributed by atoms with van der Waals surface area (Å²) >= 11 is 9.28. The minimum absolute atomic E-state index is 0.0881. The molecule has 2 aliphatic heterocycles. The van der Waals surface area contributed by atoms with Gasteiger partial charge < -0.3 is 10.2 Å². The Morgan fingerprint density at radius 3 is 2.73 bits per heavy atom. The number of carbonyl (C=O) groups is 2. The third-order valence-electron chi connectivity index (χ3n) is 5.04.